The number of benzene rings is 2. The summed E-state index contributed by atoms with van der Waals surface area (Å²) in [5.74, 6) is 0. The molecule has 4 heteroatoms. The maximum absolute atomic E-state index is 5.67. The molecule has 0 saturated carbocycles. The molecule has 0 aliphatic rings. The van der Waals surface area contributed by atoms with E-state index in [1.54, 1.807) is 0 Å². The Labute approximate surface area is 133 Å². The molecule has 0 atom stereocenters. The lowest BCUT2D eigenvalue weighted by molar-refractivity contribution is 1.13. The van der Waals surface area contributed by atoms with Crippen LogP contribution >= 0.6 is 28.1 Å². The number of thiocarbonyl (C=S) groups is 1. The van der Waals surface area contributed by atoms with Crippen molar-refractivity contribution < 1.29 is 0 Å². The minimum atomic E-state index is 0.397. The molecular formula is C16H17BrN2S. The SMILES string of the molecule is CCc1cccc(C)c1Nc1ccc(C(N)=S)c(Br)c1. The van der Waals surface area contributed by atoms with Crippen LogP contribution in [0, 0.1) is 6.92 Å². The van der Waals surface area contributed by atoms with Crippen molar-refractivity contribution in [1.29, 1.82) is 0 Å². The molecule has 0 fully saturated rings. The fourth-order valence-electron chi connectivity index (χ4n) is 2.14. The second kappa shape index (κ2) is 6.37. The molecule has 0 aliphatic heterocycles. The molecule has 0 radical (unpaired) electrons. The first-order valence-corrected chi connectivity index (χ1v) is 7.68. The maximum Gasteiger partial charge on any atom is 0.105 e. The maximum atomic E-state index is 5.67. The third-order valence-electron chi connectivity index (χ3n) is 3.24. The molecule has 2 aromatic rings. The number of hydrogen-bond acceptors (Lipinski definition) is 2. The summed E-state index contributed by atoms with van der Waals surface area (Å²) in [5.41, 5.74) is 11.2. The van der Waals surface area contributed by atoms with Crippen LogP contribution in [0.1, 0.15) is 23.6 Å². The zero-order valence-electron chi connectivity index (χ0n) is 11.5. The van der Waals surface area contributed by atoms with Crippen LogP contribution in [0.5, 0.6) is 0 Å². The molecule has 0 bridgehead atoms. The largest absolute Gasteiger partial charge is 0.389 e. The van der Waals surface area contributed by atoms with Crippen molar-refractivity contribution in [3.8, 4) is 0 Å². The molecule has 0 unspecified atom stereocenters. The summed E-state index contributed by atoms with van der Waals surface area (Å²) in [6.07, 6.45) is 0.996. The van der Waals surface area contributed by atoms with Gasteiger partial charge in [-0.15, -0.1) is 0 Å². The first kappa shape index (κ1) is 15.0. The highest BCUT2D eigenvalue weighted by atomic mass is 79.9. The van der Waals surface area contributed by atoms with Gasteiger partial charge in [-0.05, 0) is 58.6 Å². The standard InChI is InChI=1S/C16H17BrN2S/c1-3-11-6-4-5-10(2)15(11)19-12-7-8-13(16(18)20)14(17)9-12/h4-9,19H,3H2,1-2H3,(H2,18,20). The lowest BCUT2D eigenvalue weighted by Gasteiger charge is -2.15. The number of nitrogens with two attached hydrogens (primary N) is 1. The zero-order chi connectivity index (χ0) is 14.7. The van der Waals surface area contributed by atoms with Gasteiger partial charge in [-0.1, -0.05) is 37.3 Å². The lowest BCUT2D eigenvalue weighted by atomic mass is 10.1. The summed E-state index contributed by atoms with van der Waals surface area (Å²) in [6, 6.07) is 12.3. The monoisotopic (exact) mass is 348 g/mol. The van der Waals surface area contributed by atoms with Crippen LogP contribution in [0.2, 0.25) is 0 Å². The summed E-state index contributed by atoms with van der Waals surface area (Å²) in [7, 11) is 0. The second-order valence-corrected chi connectivity index (χ2v) is 5.94. The van der Waals surface area contributed by atoms with Gasteiger partial charge in [0.15, 0.2) is 0 Å². The molecule has 0 amide bonds. The van der Waals surface area contributed by atoms with Gasteiger partial charge in [-0.2, -0.15) is 0 Å². The Morgan fingerprint density at radius 3 is 2.65 bits per heavy atom. The topological polar surface area (TPSA) is 38.0 Å². The zero-order valence-corrected chi connectivity index (χ0v) is 13.9. The molecular weight excluding hydrogens is 332 g/mol. The van der Waals surface area contributed by atoms with E-state index >= 15 is 0 Å². The molecule has 2 aromatic carbocycles. The summed E-state index contributed by atoms with van der Waals surface area (Å²) in [5, 5.41) is 3.48. The van der Waals surface area contributed by atoms with Crippen molar-refractivity contribution in [1.82, 2.24) is 0 Å². The molecule has 3 N–H and O–H groups in total. The fraction of sp³-hybridized carbons (Fsp3) is 0.188. The van der Waals surface area contributed by atoms with Crippen LogP contribution in [0.15, 0.2) is 40.9 Å². The van der Waals surface area contributed by atoms with Crippen molar-refractivity contribution >= 4 is 44.5 Å². The third-order valence-corrected chi connectivity index (χ3v) is 4.12. The molecule has 0 heterocycles. The number of hydrogen-bond donors (Lipinski definition) is 2. The number of rotatable bonds is 4. The summed E-state index contributed by atoms with van der Waals surface area (Å²) < 4.78 is 0.904. The van der Waals surface area contributed by atoms with Gasteiger partial charge in [0.2, 0.25) is 0 Å². The highest BCUT2D eigenvalue weighted by Crippen LogP contribution is 2.28. The molecule has 104 valence electrons. The first-order chi connectivity index (χ1) is 9.52. The van der Waals surface area contributed by atoms with Crippen LogP contribution in [0.4, 0.5) is 11.4 Å². The van der Waals surface area contributed by atoms with Gasteiger partial charge in [0, 0.05) is 21.4 Å². The van der Waals surface area contributed by atoms with Crippen LogP contribution in [-0.2, 0) is 6.42 Å². The molecule has 2 rings (SSSR count). The highest BCUT2D eigenvalue weighted by molar-refractivity contribution is 9.10. The minimum Gasteiger partial charge on any atom is -0.389 e. The Kier molecular flexibility index (Phi) is 4.78. The van der Waals surface area contributed by atoms with Crippen LogP contribution < -0.4 is 11.1 Å². The van der Waals surface area contributed by atoms with Gasteiger partial charge in [-0.25, -0.2) is 0 Å². The number of para-hydroxylation sites is 1. The van der Waals surface area contributed by atoms with E-state index in [-0.39, 0.29) is 0 Å². The molecule has 0 aliphatic carbocycles. The summed E-state index contributed by atoms with van der Waals surface area (Å²) in [4.78, 5) is 0.397. The van der Waals surface area contributed by atoms with Gasteiger partial charge in [-0.3, -0.25) is 0 Å². The van der Waals surface area contributed by atoms with Gasteiger partial charge in [0.05, 0.1) is 0 Å². The average Bonchev–Trinajstić information content (AvgIpc) is 2.40. The van der Waals surface area contributed by atoms with Gasteiger partial charge in [0.25, 0.3) is 0 Å². The Morgan fingerprint density at radius 1 is 1.30 bits per heavy atom. The Hall–Kier alpha value is -1.39. The second-order valence-electron chi connectivity index (χ2n) is 4.65. The van der Waals surface area contributed by atoms with E-state index in [1.165, 1.54) is 16.8 Å². The smallest absolute Gasteiger partial charge is 0.105 e. The molecule has 0 spiro atoms. The molecule has 2 nitrogen and oxygen atoms in total. The predicted octanol–water partition coefficient (Wildman–Crippen LogP) is 4.70. The van der Waals surface area contributed by atoms with Gasteiger partial charge < -0.3 is 11.1 Å². The molecule has 0 aromatic heterocycles. The number of anilines is 2. The predicted molar refractivity (Wildman–Crippen MR) is 93.9 cm³/mol. The van der Waals surface area contributed by atoms with Crippen molar-refractivity contribution in [2.24, 2.45) is 5.73 Å². The minimum absolute atomic E-state index is 0.397. The van der Waals surface area contributed by atoms with Crippen molar-refractivity contribution in [2.45, 2.75) is 20.3 Å². The molecule has 0 saturated heterocycles. The normalized spacial score (nSPS) is 10.3. The number of halogens is 1. The van der Waals surface area contributed by atoms with E-state index in [0.717, 1.165) is 22.1 Å². The Bertz CT molecular complexity index is 653. The summed E-state index contributed by atoms with van der Waals surface area (Å²) in [6.45, 7) is 4.27. The van der Waals surface area contributed by atoms with Crippen LogP contribution in [0.3, 0.4) is 0 Å². The van der Waals surface area contributed by atoms with E-state index in [1.807, 2.05) is 18.2 Å². The fourth-order valence-corrected chi connectivity index (χ4v) is 3.04. The van der Waals surface area contributed by atoms with Crippen molar-refractivity contribution in [3.63, 3.8) is 0 Å². The quantitative estimate of drug-likeness (QED) is 0.786. The summed E-state index contributed by atoms with van der Waals surface area (Å²) >= 11 is 8.52. The number of nitrogens with one attached hydrogen (secondary N) is 1. The van der Waals surface area contributed by atoms with Crippen molar-refractivity contribution in [2.75, 3.05) is 5.32 Å². The van der Waals surface area contributed by atoms with Crippen LogP contribution in [0.25, 0.3) is 0 Å². The highest BCUT2D eigenvalue weighted by Gasteiger charge is 2.07. The van der Waals surface area contributed by atoms with E-state index in [9.17, 15) is 0 Å². The third kappa shape index (κ3) is 3.19. The van der Waals surface area contributed by atoms with Gasteiger partial charge >= 0.3 is 0 Å². The van der Waals surface area contributed by atoms with E-state index in [0.29, 0.717) is 4.99 Å². The average molecular weight is 349 g/mol. The lowest BCUT2D eigenvalue weighted by Crippen LogP contribution is -2.10. The van der Waals surface area contributed by atoms with Crippen LogP contribution in [-0.4, -0.2) is 4.99 Å². The molecule has 20 heavy (non-hydrogen) atoms. The van der Waals surface area contributed by atoms with Gasteiger partial charge in [0.1, 0.15) is 4.99 Å². The van der Waals surface area contributed by atoms with E-state index in [4.69, 9.17) is 18.0 Å². The Balaban J connectivity index is 2.36. The van der Waals surface area contributed by atoms with E-state index < -0.39 is 0 Å². The first-order valence-electron chi connectivity index (χ1n) is 6.47. The van der Waals surface area contributed by atoms with E-state index in [2.05, 4.69) is 53.3 Å². The number of aryl methyl sites for hydroxylation is 2. The van der Waals surface area contributed by atoms with Crippen molar-refractivity contribution in [3.05, 3.63) is 57.6 Å². The Morgan fingerprint density at radius 2 is 2.05 bits per heavy atom.